The molecule has 1 N–H and O–H groups in total. The first-order valence-electron chi connectivity index (χ1n) is 7.17. The third-order valence-electron chi connectivity index (χ3n) is 6.10. The molecule has 4 aliphatic rings. The van der Waals surface area contributed by atoms with Crippen molar-refractivity contribution in [2.45, 2.75) is 44.0 Å². The van der Waals surface area contributed by atoms with Gasteiger partial charge in [0.2, 0.25) is 0 Å². The zero-order chi connectivity index (χ0) is 14.3. The number of Topliss-reactive ketones (excluding diaryl/α,β-unsaturated/α-hetero) is 1. The van der Waals surface area contributed by atoms with Crippen molar-refractivity contribution in [2.75, 3.05) is 6.61 Å². The first-order chi connectivity index (χ1) is 9.40. The first kappa shape index (κ1) is 12.5. The molecule has 4 rings (SSSR count). The number of ketones is 1. The molecule has 2 aliphatic heterocycles. The van der Waals surface area contributed by atoms with Gasteiger partial charge in [-0.1, -0.05) is 6.58 Å². The lowest BCUT2D eigenvalue weighted by Crippen LogP contribution is -2.58. The van der Waals surface area contributed by atoms with Crippen LogP contribution in [-0.2, 0) is 19.1 Å². The van der Waals surface area contributed by atoms with E-state index in [1.807, 2.05) is 0 Å². The number of ether oxygens (including phenoxy) is 2. The van der Waals surface area contributed by atoms with E-state index in [0.717, 1.165) is 6.42 Å². The number of aliphatic hydroxyl groups is 1. The molecule has 0 bridgehead atoms. The van der Waals surface area contributed by atoms with Gasteiger partial charge < -0.3 is 14.6 Å². The van der Waals surface area contributed by atoms with Crippen molar-refractivity contribution in [1.29, 1.82) is 0 Å². The van der Waals surface area contributed by atoms with Crippen LogP contribution in [0.25, 0.3) is 0 Å². The summed E-state index contributed by atoms with van der Waals surface area (Å²) in [5, 5.41) is 11.3. The molecule has 2 aliphatic carbocycles. The van der Waals surface area contributed by atoms with Gasteiger partial charge in [0.25, 0.3) is 0 Å². The molecular formula is C15H18O5. The van der Waals surface area contributed by atoms with Gasteiger partial charge >= 0.3 is 5.97 Å². The van der Waals surface area contributed by atoms with Gasteiger partial charge in [-0.3, -0.25) is 4.79 Å². The maximum atomic E-state index is 12.6. The second-order valence-electron chi connectivity index (χ2n) is 6.71. The molecule has 0 radical (unpaired) electrons. The third kappa shape index (κ3) is 1.10. The number of carbonyl (C=O) groups is 2. The molecule has 5 heteroatoms. The van der Waals surface area contributed by atoms with E-state index in [0.29, 0.717) is 18.6 Å². The van der Waals surface area contributed by atoms with E-state index in [9.17, 15) is 14.7 Å². The van der Waals surface area contributed by atoms with Gasteiger partial charge in [-0.05, 0) is 19.8 Å². The number of hydrogen-bond acceptors (Lipinski definition) is 5. The molecule has 5 nitrogen and oxygen atoms in total. The molecule has 0 aromatic heterocycles. The summed E-state index contributed by atoms with van der Waals surface area (Å²) in [4.78, 5) is 24.4. The quantitative estimate of drug-likeness (QED) is 0.519. The zero-order valence-electron chi connectivity index (χ0n) is 11.4. The van der Waals surface area contributed by atoms with Gasteiger partial charge in [0.1, 0.15) is 17.5 Å². The van der Waals surface area contributed by atoms with Crippen LogP contribution < -0.4 is 0 Å². The lowest BCUT2D eigenvalue weighted by molar-refractivity contribution is -0.172. The first-order valence-corrected chi connectivity index (χ1v) is 7.17. The zero-order valence-corrected chi connectivity index (χ0v) is 11.4. The molecule has 2 heterocycles. The standard InChI is InChI=1S/C15H18O5/c1-7-9-4-3-8-6-19-11-5-10(16)14(2,15(8,11)18)12(9)20-13(7)17/h8-9,11-12,18H,1,3-6H2,2H3/t8-,9-,11+,12-,14-,15-/m0/s1. The number of rotatable bonds is 0. The lowest BCUT2D eigenvalue weighted by Gasteiger charge is -2.42. The van der Waals surface area contributed by atoms with Crippen molar-refractivity contribution in [3.8, 4) is 0 Å². The van der Waals surface area contributed by atoms with Gasteiger partial charge in [-0.15, -0.1) is 0 Å². The normalized spacial score (nSPS) is 53.6. The highest BCUT2D eigenvalue weighted by atomic mass is 16.6. The van der Waals surface area contributed by atoms with Crippen LogP contribution in [0, 0.1) is 17.3 Å². The minimum Gasteiger partial charge on any atom is -0.457 e. The van der Waals surface area contributed by atoms with Gasteiger partial charge in [-0.2, -0.15) is 0 Å². The van der Waals surface area contributed by atoms with Crippen molar-refractivity contribution >= 4 is 11.8 Å². The Morgan fingerprint density at radius 1 is 1.35 bits per heavy atom. The molecule has 108 valence electrons. The topological polar surface area (TPSA) is 72.8 Å². The van der Waals surface area contributed by atoms with E-state index in [2.05, 4.69) is 6.58 Å². The number of carbonyl (C=O) groups excluding carboxylic acids is 2. The Kier molecular flexibility index (Phi) is 2.20. The Hall–Kier alpha value is -1.20. The van der Waals surface area contributed by atoms with Crippen LogP contribution in [-0.4, -0.2) is 41.3 Å². The van der Waals surface area contributed by atoms with Crippen LogP contribution in [0.4, 0.5) is 0 Å². The fourth-order valence-electron chi connectivity index (χ4n) is 4.85. The molecule has 20 heavy (non-hydrogen) atoms. The Labute approximate surface area is 116 Å². The Morgan fingerprint density at radius 2 is 2.10 bits per heavy atom. The minimum absolute atomic E-state index is 0.0610. The molecular weight excluding hydrogens is 260 g/mol. The van der Waals surface area contributed by atoms with Crippen LogP contribution >= 0.6 is 0 Å². The SMILES string of the molecule is C=C1C(=O)O[C@H]2[C@H]1CC[C@H]1CO[C@@H]3CC(=O)[C@]2(C)[C@]13O. The molecule has 0 unspecified atom stereocenters. The fraction of sp³-hybridized carbons (Fsp3) is 0.733. The monoisotopic (exact) mass is 278 g/mol. The van der Waals surface area contributed by atoms with E-state index < -0.39 is 29.2 Å². The maximum Gasteiger partial charge on any atom is 0.334 e. The Balaban J connectivity index is 1.90. The average molecular weight is 278 g/mol. The van der Waals surface area contributed by atoms with Crippen LogP contribution in [0.5, 0.6) is 0 Å². The lowest BCUT2D eigenvalue weighted by atomic mass is 9.65. The van der Waals surface area contributed by atoms with E-state index >= 15 is 0 Å². The molecule has 0 amide bonds. The van der Waals surface area contributed by atoms with Gasteiger partial charge in [-0.25, -0.2) is 4.79 Å². The summed E-state index contributed by atoms with van der Waals surface area (Å²) < 4.78 is 11.1. The van der Waals surface area contributed by atoms with E-state index in [4.69, 9.17) is 9.47 Å². The summed E-state index contributed by atoms with van der Waals surface area (Å²) in [5.74, 6) is -0.724. The fourth-order valence-corrected chi connectivity index (χ4v) is 4.85. The summed E-state index contributed by atoms with van der Waals surface area (Å²) in [6, 6.07) is 0. The number of fused-ring (bicyclic) bond motifs is 2. The van der Waals surface area contributed by atoms with Crippen LogP contribution in [0.2, 0.25) is 0 Å². The third-order valence-corrected chi connectivity index (χ3v) is 6.10. The number of hydrogen-bond donors (Lipinski definition) is 1. The molecule has 2 saturated carbocycles. The van der Waals surface area contributed by atoms with Gasteiger partial charge in [0.05, 0.1) is 18.1 Å². The molecule has 6 atom stereocenters. The van der Waals surface area contributed by atoms with Gasteiger partial charge in [0.15, 0.2) is 0 Å². The predicted molar refractivity (Wildman–Crippen MR) is 67.7 cm³/mol. The summed E-state index contributed by atoms with van der Waals surface area (Å²) in [5.41, 5.74) is -1.85. The highest BCUT2D eigenvalue weighted by Gasteiger charge is 2.75. The van der Waals surface area contributed by atoms with Crippen molar-refractivity contribution < 1.29 is 24.2 Å². The van der Waals surface area contributed by atoms with Gasteiger partial charge in [0, 0.05) is 23.8 Å². The molecule has 2 saturated heterocycles. The second kappa shape index (κ2) is 3.52. The van der Waals surface area contributed by atoms with Crippen LogP contribution in [0.1, 0.15) is 26.2 Å². The average Bonchev–Trinajstić information content (AvgIpc) is 2.91. The molecule has 0 aromatic carbocycles. The Bertz CT molecular complexity index is 540. The summed E-state index contributed by atoms with van der Waals surface area (Å²) in [6.07, 6.45) is 0.581. The highest BCUT2D eigenvalue weighted by Crippen LogP contribution is 2.61. The van der Waals surface area contributed by atoms with Crippen molar-refractivity contribution in [2.24, 2.45) is 17.3 Å². The highest BCUT2D eigenvalue weighted by molar-refractivity contribution is 5.95. The maximum absolute atomic E-state index is 12.6. The predicted octanol–water partition coefficient (Wildman–Crippen LogP) is 0.603. The van der Waals surface area contributed by atoms with E-state index in [1.54, 1.807) is 6.92 Å². The summed E-state index contributed by atoms with van der Waals surface area (Å²) in [7, 11) is 0. The smallest absolute Gasteiger partial charge is 0.334 e. The summed E-state index contributed by atoms with van der Waals surface area (Å²) in [6.45, 7) is 6.04. The number of esters is 1. The Morgan fingerprint density at radius 3 is 2.85 bits per heavy atom. The van der Waals surface area contributed by atoms with E-state index in [1.165, 1.54) is 0 Å². The summed E-state index contributed by atoms with van der Waals surface area (Å²) >= 11 is 0. The second-order valence-corrected chi connectivity index (χ2v) is 6.71. The van der Waals surface area contributed by atoms with Crippen molar-refractivity contribution in [3.05, 3.63) is 12.2 Å². The minimum atomic E-state index is -1.21. The van der Waals surface area contributed by atoms with Crippen molar-refractivity contribution in [1.82, 2.24) is 0 Å². The molecule has 4 fully saturated rings. The molecule has 0 spiro atoms. The van der Waals surface area contributed by atoms with E-state index in [-0.39, 0.29) is 24.0 Å². The molecule has 0 aromatic rings. The van der Waals surface area contributed by atoms with Crippen molar-refractivity contribution in [3.63, 3.8) is 0 Å². The largest absolute Gasteiger partial charge is 0.457 e. The van der Waals surface area contributed by atoms with Crippen LogP contribution in [0.15, 0.2) is 12.2 Å². The van der Waals surface area contributed by atoms with Crippen LogP contribution in [0.3, 0.4) is 0 Å².